The first-order valence-electron chi connectivity index (χ1n) is 22.3. The molecule has 1 atom stereocenters. The molecule has 308 valence electrons. The van der Waals surface area contributed by atoms with Crippen LogP contribution in [0.4, 0.5) is 5.69 Å². The van der Waals surface area contributed by atoms with Crippen LogP contribution in [0, 0.1) is 0 Å². The van der Waals surface area contributed by atoms with Gasteiger partial charge in [0, 0.05) is 56.7 Å². The van der Waals surface area contributed by atoms with Gasteiger partial charge in [-0.2, -0.15) is 4.57 Å². The molecule has 0 N–H and O–H groups in total. The lowest BCUT2D eigenvalue weighted by molar-refractivity contribution is -0.633. The molecule has 0 fully saturated rings. The molecule has 3 heterocycles. The van der Waals surface area contributed by atoms with E-state index >= 15 is 0 Å². The van der Waals surface area contributed by atoms with E-state index in [-0.39, 0.29) is 6.04 Å². The molecule has 0 saturated heterocycles. The molecule has 1 unspecified atom stereocenters. The molecule has 3 aromatic heterocycles. The number of aromatic nitrogens is 4. The third-order valence-electron chi connectivity index (χ3n) is 13.3. The zero-order valence-corrected chi connectivity index (χ0v) is 36.0. The van der Waals surface area contributed by atoms with Crippen molar-refractivity contribution in [1.29, 1.82) is 0 Å². The van der Waals surface area contributed by atoms with Crippen LogP contribution in [0.1, 0.15) is 30.9 Å². The van der Waals surface area contributed by atoms with Gasteiger partial charge in [-0.1, -0.05) is 115 Å². The Kier molecular flexibility index (Phi) is 9.11. The van der Waals surface area contributed by atoms with Crippen molar-refractivity contribution < 1.29 is 4.57 Å². The zero-order chi connectivity index (χ0) is 42.7. The Morgan fingerprint density at radius 2 is 1.30 bits per heavy atom. The third kappa shape index (κ3) is 5.94. The van der Waals surface area contributed by atoms with Crippen molar-refractivity contribution in [3.63, 3.8) is 0 Å². The van der Waals surface area contributed by atoms with Crippen molar-refractivity contribution in [2.75, 3.05) is 11.9 Å². The summed E-state index contributed by atoms with van der Waals surface area (Å²) in [7, 11) is 4.11. The van der Waals surface area contributed by atoms with Gasteiger partial charge in [-0.3, -0.25) is 9.89 Å². The van der Waals surface area contributed by atoms with Gasteiger partial charge in [-0.05, 0) is 110 Å². The lowest BCUT2D eigenvalue weighted by atomic mass is 10.0. The third-order valence-corrected chi connectivity index (χ3v) is 13.3. The normalized spacial score (nSPS) is 15.3. The number of nitrogens with zero attached hydrogens (tertiary/aromatic N) is 6. The molecule has 2 aliphatic rings. The molecular formula is C58H47N6+. The quantitative estimate of drug-likeness (QED) is 0.0895. The number of anilines is 1. The van der Waals surface area contributed by atoms with Gasteiger partial charge in [0.25, 0.3) is 5.82 Å². The molecular weight excluding hydrogens is 781 g/mol. The molecule has 2 aliphatic carbocycles. The number of hydrogen-bond acceptors (Lipinski definition) is 1. The fourth-order valence-electron chi connectivity index (χ4n) is 10.5. The Bertz CT molecular complexity index is 3600. The highest BCUT2D eigenvalue weighted by atomic mass is 15.2. The van der Waals surface area contributed by atoms with Crippen molar-refractivity contribution >= 4 is 66.2 Å². The molecule has 0 bridgehead atoms. The number of allylic oxidation sites excluding steroid dienone is 8. The number of imidazole rings is 1. The maximum atomic E-state index is 5.05. The van der Waals surface area contributed by atoms with Gasteiger partial charge < -0.3 is 9.13 Å². The van der Waals surface area contributed by atoms with E-state index in [9.17, 15) is 0 Å². The number of benzene rings is 7. The standard InChI is InChI=1S/C58H47N6/c1-59-57(61(42-20-8-3-9-21-42)43-22-10-4-11-23-43)40-32-36-51-49(38-40)47-34-35-48-50-39-41(58-60(2)53-30-18-19-31-54(53)64(58)46-28-16-7-17-29-46)33-37-52(50)63(45-26-14-6-15-27-45)56(48)55(47)62(51)44-24-12-5-13-25-44/h3-10,12-22,24,26-39,44H,11,23,25H2,1-2H3/q+1/b59-57+. The molecule has 0 radical (unpaired) electrons. The van der Waals surface area contributed by atoms with Crippen molar-refractivity contribution in [2.45, 2.75) is 25.3 Å². The lowest BCUT2D eigenvalue weighted by Gasteiger charge is -2.30. The van der Waals surface area contributed by atoms with Crippen LogP contribution in [-0.4, -0.2) is 26.6 Å². The van der Waals surface area contributed by atoms with Crippen molar-refractivity contribution in [3.05, 3.63) is 218 Å². The van der Waals surface area contributed by atoms with Gasteiger partial charge in [0.2, 0.25) is 0 Å². The van der Waals surface area contributed by atoms with Gasteiger partial charge in [0.15, 0.2) is 11.0 Å². The van der Waals surface area contributed by atoms with Gasteiger partial charge in [0.05, 0.1) is 35.2 Å². The summed E-state index contributed by atoms with van der Waals surface area (Å²) in [5.41, 5.74) is 14.0. The van der Waals surface area contributed by atoms with Crippen LogP contribution in [0.15, 0.2) is 217 Å². The second kappa shape index (κ2) is 15.4. The van der Waals surface area contributed by atoms with Crippen LogP contribution < -0.4 is 9.47 Å². The summed E-state index contributed by atoms with van der Waals surface area (Å²) in [6.45, 7) is 0. The van der Waals surface area contributed by atoms with Crippen molar-refractivity contribution in [2.24, 2.45) is 12.0 Å². The predicted molar refractivity (Wildman–Crippen MR) is 267 cm³/mol. The zero-order valence-electron chi connectivity index (χ0n) is 36.0. The maximum Gasteiger partial charge on any atom is 0.294 e. The fourth-order valence-corrected chi connectivity index (χ4v) is 10.5. The van der Waals surface area contributed by atoms with Crippen LogP contribution in [0.2, 0.25) is 0 Å². The number of aryl methyl sites for hydroxylation is 1. The molecule has 64 heavy (non-hydrogen) atoms. The van der Waals surface area contributed by atoms with E-state index in [1.807, 2.05) is 7.05 Å². The van der Waals surface area contributed by atoms with E-state index in [1.54, 1.807) is 0 Å². The first-order chi connectivity index (χ1) is 31.7. The maximum absolute atomic E-state index is 5.05. The molecule has 12 rings (SSSR count). The molecule has 6 heteroatoms. The van der Waals surface area contributed by atoms with Crippen LogP contribution in [-0.2, 0) is 7.05 Å². The van der Waals surface area contributed by atoms with Gasteiger partial charge in [-0.25, -0.2) is 4.57 Å². The minimum Gasteiger partial charge on any atom is -0.331 e. The summed E-state index contributed by atoms with van der Waals surface area (Å²) in [4.78, 5) is 7.39. The number of fused-ring (bicyclic) bond motifs is 8. The molecule has 0 saturated carbocycles. The summed E-state index contributed by atoms with van der Waals surface area (Å²) >= 11 is 0. The Labute approximate surface area is 372 Å². The molecule has 6 nitrogen and oxygen atoms in total. The van der Waals surface area contributed by atoms with E-state index in [0.717, 1.165) is 59.1 Å². The summed E-state index contributed by atoms with van der Waals surface area (Å²) in [6.07, 6.45) is 18.6. The summed E-state index contributed by atoms with van der Waals surface area (Å²) in [5, 5.41) is 4.88. The number of aliphatic imine (C=N–C) groups is 1. The second-order valence-electron chi connectivity index (χ2n) is 16.9. The number of rotatable bonds is 7. The van der Waals surface area contributed by atoms with E-state index < -0.39 is 0 Å². The van der Waals surface area contributed by atoms with Crippen molar-refractivity contribution in [1.82, 2.24) is 13.7 Å². The Morgan fingerprint density at radius 1 is 0.609 bits per heavy atom. The largest absolute Gasteiger partial charge is 0.331 e. The van der Waals surface area contributed by atoms with E-state index in [4.69, 9.17) is 4.99 Å². The molecule has 0 aliphatic heterocycles. The number of para-hydroxylation sites is 5. The number of amidine groups is 1. The van der Waals surface area contributed by atoms with Crippen LogP contribution in [0.3, 0.4) is 0 Å². The Morgan fingerprint density at radius 3 is 2.02 bits per heavy atom. The molecule has 10 aromatic rings. The van der Waals surface area contributed by atoms with E-state index in [1.165, 1.54) is 60.3 Å². The van der Waals surface area contributed by atoms with E-state index in [2.05, 4.69) is 237 Å². The average Bonchev–Trinajstić information content (AvgIpc) is 3.99. The first kappa shape index (κ1) is 37.8. The monoisotopic (exact) mass is 827 g/mol. The van der Waals surface area contributed by atoms with Gasteiger partial charge >= 0.3 is 0 Å². The summed E-state index contributed by atoms with van der Waals surface area (Å²) < 4.78 is 9.85. The highest BCUT2D eigenvalue weighted by molar-refractivity contribution is 6.24. The van der Waals surface area contributed by atoms with Gasteiger partial charge in [0.1, 0.15) is 11.5 Å². The molecule has 0 spiro atoms. The van der Waals surface area contributed by atoms with Crippen LogP contribution >= 0.6 is 0 Å². The second-order valence-corrected chi connectivity index (χ2v) is 16.9. The molecule has 0 amide bonds. The van der Waals surface area contributed by atoms with Crippen molar-refractivity contribution in [3.8, 4) is 22.8 Å². The van der Waals surface area contributed by atoms with Gasteiger partial charge in [-0.15, -0.1) is 0 Å². The smallest absolute Gasteiger partial charge is 0.294 e. The summed E-state index contributed by atoms with van der Waals surface area (Å²) in [6, 6.07) is 59.9. The van der Waals surface area contributed by atoms with E-state index in [0.29, 0.717) is 0 Å². The highest BCUT2D eigenvalue weighted by Gasteiger charge is 2.29. The average molecular weight is 828 g/mol. The minimum absolute atomic E-state index is 0.138. The topological polar surface area (TPSA) is 34.3 Å². The SMILES string of the molecule is C/N=C(\c1ccc2c(c1)c1ccc3c4cc(-c5n(-c6ccccc6)c6ccccc6[n+]5C)ccc4n(-c4ccccc4)c3c1n2C1C=CC=CC1)N(C1=CC=CCC1)c1ccccc1. The van der Waals surface area contributed by atoms with Crippen LogP contribution in [0.5, 0.6) is 0 Å². The molecule has 7 aromatic carbocycles. The fraction of sp³-hybridized carbons (Fsp3) is 0.103. The lowest BCUT2D eigenvalue weighted by Crippen LogP contribution is -2.31. The highest BCUT2D eigenvalue weighted by Crippen LogP contribution is 2.44. The Hall–Kier alpha value is -7.96. The number of hydrogen-bond donors (Lipinski definition) is 0. The van der Waals surface area contributed by atoms with Crippen LogP contribution in [0.25, 0.3) is 77.4 Å². The Balaban J connectivity index is 1.14. The first-order valence-corrected chi connectivity index (χ1v) is 22.3. The predicted octanol–water partition coefficient (Wildman–Crippen LogP) is 13.5. The minimum atomic E-state index is 0.138. The summed E-state index contributed by atoms with van der Waals surface area (Å²) in [5.74, 6) is 2.07.